The lowest BCUT2D eigenvalue weighted by Crippen LogP contribution is -2.40. The lowest BCUT2D eigenvalue weighted by atomic mass is 10.4. The van der Waals surface area contributed by atoms with E-state index in [-0.39, 0.29) is 13.9 Å². The van der Waals surface area contributed by atoms with Gasteiger partial charge in [0.15, 0.2) is 18.2 Å². The van der Waals surface area contributed by atoms with E-state index >= 15 is 0 Å². The van der Waals surface area contributed by atoms with Crippen LogP contribution in [0.5, 0.6) is 0 Å². The zero-order valence-corrected chi connectivity index (χ0v) is 6.89. The number of aliphatic imine (C=N–C) groups is 1. The topological polar surface area (TPSA) is 50.7 Å². The molecule has 1 N–H and O–H groups in total. The number of allylic oxidation sites excluding steroid dienone is 1. The summed E-state index contributed by atoms with van der Waals surface area (Å²) in [5.41, 5.74) is 0.594. The second-order valence-electron chi connectivity index (χ2n) is 2.46. The third-order valence-corrected chi connectivity index (χ3v) is 1.20. The summed E-state index contributed by atoms with van der Waals surface area (Å²) < 4.78 is 4.93. The SMILES string of the molecule is C=C(C)N=C1NC(=O)COC1=C.[HH]. The fourth-order valence-corrected chi connectivity index (χ4v) is 0.740. The molecule has 0 aromatic rings. The summed E-state index contributed by atoms with van der Waals surface area (Å²) in [6, 6.07) is 0. The standard InChI is InChI=1S/C8H10N2O2.H2/c1-5(2)9-8-6(3)12-4-7(11)10-8;/h1,3-4H2,2H3,(H,9,10,11);1H. The van der Waals surface area contributed by atoms with Gasteiger partial charge in [-0.3, -0.25) is 4.79 Å². The van der Waals surface area contributed by atoms with Gasteiger partial charge in [-0.15, -0.1) is 0 Å². The number of nitrogens with zero attached hydrogens (tertiary/aromatic N) is 1. The molecule has 0 aromatic carbocycles. The first-order valence-corrected chi connectivity index (χ1v) is 3.45. The van der Waals surface area contributed by atoms with Gasteiger partial charge in [0, 0.05) is 7.12 Å². The van der Waals surface area contributed by atoms with Gasteiger partial charge >= 0.3 is 0 Å². The number of amidine groups is 1. The molecular formula is C8H12N2O2. The second-order valence-corrected chi connectivity index (χ2v) is 2.46. The van der Waals surface area contributed by atoms with E-state index < -0.39 is 0 Å². The molecular weight excluding hydrogens is 156 g/mol. The summed E-state index contributed by atoms with van der Waals surface area (Å²) in [7, 11) is 0. The maximum atomic E-state index is 10.8. The van der Waals surface area contributed by atoms with Crippen molar-refractivity contribution in [3.05, 3.63) is 24.6 Å². The fourth-order valence-electron chi connectivity index (χ4n) is 0.740. The first-order chi connectivity index (χ1) is 5.59. The van der Waals surface area contributed by atoms with Crippen LogP contribution in [0.2, 0.25) is 0 Å². The monoisotopic (exact) mass is 168 g/mol. The molecule has 0 spiro atoms. The summed E-state index contributed by atoms with van der Waals surface area (Å²) in [5, 5.41) is 2.52. The highest BCUT2D eigenvalue weighted by atomic mass is 16.5. The highest BCUT2D eigenvalue weighted by Gasteiger charge is 2.17. The Balaban J connectivity index is 0.00000144. The van der Waals surface area contributed by atoms with Crippen LogP contribution in [0.1, 0.15) is 8.35 Å². The zero-order chi connectivity index (χ0) is 9.14. The van der Waals surface area contributed by atoms with Crippen molar-refractivity contribution < 1.29 is 11.0 Å². The predicted molar refractivity (Wildman–Crippen MR) is 47.6 cm³/mol. The summed E-state index contributed by atoms with van der Waals surface area (Å²) >= 11 is 0. The van der Waals surface area contributed by atoms with Crippen molar-refractivity contribution in [2.45, 2.75) is 6.92 Å². The number of morpholine rings is 1. The lowest BCUT2D eigenvalue weighted by Gasteiger charge is -2.17. The van der Waals surface area contributed by atoms with Crippen molar-refractivity contribution in [1.82, 2.24) is 5.32 Å². The minimum Gasteiger partial charge on any atom is -0.481 e. The molecule has 0 radical (unpaired) electrons. The first kappa shape index (κ1) is 8.52. The number of carbonyl (C=O) groups excluding carboxylic acids is 1. The number of carbonyl (C=O) groups is 1. The summed E-state index contributed by atoms with van der Waals surface area (Å²) in [6.07, 6.45) is 0. The van der Waals surface area contributed by atoms with Crippen molar-refractivity contribution in [2.75, 3.05) is 6.61 Å². The van der Waals surface area contributed by atoms with E-state index in [9.17, 15) is 4.79 Å². The Labute approximate surface area is 72.1 Å². The molecule has 1 saturated heterocycles. The Morgan fingerprint density at radius 2 is 2.50 bits per heavy atom. The second kappa shape index (κ2) is 3.21. The van der Waals surface area contributed by atoms with Crippen molar-refractivity contribution in [3.8, 4) is 0 Å². The quantitative estimate of drug-likeness (QED) is 0.630. The predicted octanol–water partition coefficient (Wildman–Crippen LogP) is 0.825. The molecule has 4 nitrogen and oxygen atoms in total. The van der Waals surface area contributed by atoms with Crippen LogP contribution in [-0.4, -0.2) is 18.3 Å². The smallest absolute Gasteiger partial charge is 0.263 e. The van der Waals surface area contributed by atoms with Gasteiger partial charge in [-0.2, -0.15) is 0 Å². The summed E-state index contributed by atoms with van der Waals surface area (Å²) in [6.45, 7) is 8.88. The Bertz CT molecular complexity index is 284. The van der Waals surface area contributed by atoms with Crippen molar-refractivity contribution >= 4 is 11.7 Å². The van der Waals surface area contributed by atoms with Crippen LogP contribution in [0.25, 0.3) is 0 Å². The summed E-state index contributed by atoms with van der Waals surface area (Å²) in [5.74, 6) is 0.499. The molecule has 1 rings (SSSR count). The molecule has 0 unspecified atom stereocenters. The molecule has 4 heteroatoms. The molecule has 12 heavy (non-hydrogen) atoms. The molecule has 0 saturated carbocycles. The van der Waals surface area contributed by atoms with E-state index in [1.165, 1.54) is 0 Å². The van der Waals surface area contributed by atoms with Crippen molar-refractivity contribution in [2.24, 2.45) is 4.99 Å². The Morgan fingerprint density at radius 1 is 1.83 bits per heavy atom. The van der Waals surface area contributed by atoms with E-state index in [2.05, 4.69) is 23.5 Å². The molecule has 1 fully saturated rings. The van der Waals surface area contributed by atoms with Gasteiger partial charge in [-0.1, -0.05) is 13.2 Å². The minimum absolute atomic E-state index is 0. The maximum Gasteiger partial charge on any atom is 0.263 e. The molecule has 1 aliphatic rings. The third-order valence-electron chi connectivity index (χ3n) is 1.20. The van der Waals surface area contributed by atoms with Crippen LogP contribution in [0.15, 0.2) is 29.6 Å². The van der Waals surface area contributed by atoms with Crippen LogP contribution in [0, 0.1) is 0 Å². The van der Waals surface area contributed by atoms with Gasteiger partial charge < -0.3 is 10.1 Å². The highest BCUT2D eigenvalue weighted by molar-refractivity contribution is 6.08. The summed E-state index contributed by atoms with van der Waals surface area (Å²) in [4.78, 5) is 14.7. The lowest BCUT2D eigenvalue weighted by molar-refractivity contribution is -0.123. The molecule has 1 amide bonds. The van der Waals surface area contributed by atoms with Crippen LogP contribution in [0.3, 0.4) is 0 Å². The van der Waals surface area contributed by atoms with E-state index in [1.54, 1.807) is 6.92 Å². The molecule has 0 aliphatic carbocycles. The van der Waals surface area contributed by atoms with Gasteiger partial charge in [-0.25, -0.2) is 4.99 Å². The molecule has 0 aromatic heterocycles. The first-order valence-electron chi connectivity index (χ1n) is 3.45. The van der Waals surface area contributed by atoms with Crippen molar-refractivity contribution in [1.29, 1.82) is 0 Å². The van der Waals surface area contributed by atoms with E-state index in [0.29, 0.717) is 17.3 Å². The van der Waals surface area contributed by atoms with Crippen LogP contribution < -0.4 is 5.32 Å². The number of hydrogen-bond donors (Lipinski definition) is 1. The number of ether oxygens (including phenoxy) is 1. The van der Waals surface area contributed by atoms with Crippen LogP contribution >= 0.6 is 0 Å². The van der Waals surface area contributed by atoms with Crippen LogP contribution in [0.4, 0.5) is 0 Å². The van der Waals surface area contributed by atoms with Crippen LogP contribution in [-0.2, 0) is 9.53 Å². The number of rotatable bonds is 1. The average Bonchev–Trinajstić information content (AvgIpc) is 1.96. The molecule has 1 heterocycles. The van der Waals surface area contributed by atoms with E-state index in [1.807, 2.05) is 0 Å². The Kier molecular flexibility index (Phi) is 2.28. The van der Waals surface area contributed by atoms with E-state index in [0.717, 1.165) is 0 Å². The maximum absolute atomic E-state index is 10.8. The van der Waals surface area contributed by atoms with Gasteiger partial charge in [0.2, 0.25) is 0 Å². The largest absolute Gasteiger partial charge is 0.481 e. The van der Waals surface area contributed by atoms with Gasteiger partial charge in [0.1, 0.15) is 0 Å². The normalized spacial score (nSPS) is 20.2. The van der Waals surface area contributed by atoms with Gasteiger partial charge in [0.25, 0.3) is 5.91 Å². The number of nitrogens with one attached hydrogen (secondary N) is 1. The highest BCUT2D eigenvalue weighted by Crippen LogP contribution is 2.03. The van der Waals surface area contributed by atoms with Gasteiger partial charge in [0.05, 0.1) is 0 Å². The van der Waals surface area contributed by atoms with E-state index in [4.69, 9.17) is 4.74 Å². The Hall–Kier alpha value is -1.58. The number of hydrogen-bond acceptors (Lipinski definition) is 3. The molecule has 1 aliphatic heterocycles. The molecule has 66 valence electrons. The average molecular weight is 168 g/mol. The molecule has 0 bridgehead atoms. The molecule has 0 atom stereocenters. The Morgan fingerprint density at radius 3 is 3.08 bits per heavy atom. The third kappa shape index (κ3) is 1.95. The minimum atomic E-state index is -0.220. The van der Waals surface area contributed by atoms with Crippen molar-refractivity contribution in [3.63, 3.8) is 0 Å². The zero-order valence-electron chi connectivity index (χ0n) is 6.89. The fraction of sp³-hybridized carbons (Fsp3) is 0.250. The van der Waals surface area contributed by atoms with Gasteiger partial charge in [-0.05, 0) is 6.92 Å². The number of amides is 1.